The van der Waals surface area contributed by atoms with E-state index in [1.165, 1.54) is 0 Å². The molecule has 0 saturated carbocycles. The Hall–Kier alpha value is -1.20. The van der Waals surface area contributed by atoms with Gasteiger partial charge in [-0.05, 0) is 34.1 Å². The second kappa shape index (κ2) is 4.58. The number of aromatic nitrogens is 2. The number of nitrogens with zero attached hydrogens (tertiary/aromatic N) is 2. The highest BCUT2D eigenvalue weighted by molar-refractivity contribution is 9.10. The second-order valence-electron chi connectivity index (χ2n) is 3.52. The number of hydrogen-bond donors (Lipinski definition) is 1. The highest BCUT2D eigenvalue weighted by Crippen LogP contribution is 2.34. The molecule has 90 valence electrons. The molecule has 2 rings (SSSR count). The van der Waals surface area contributed by atoms with E-state index in [1.54, 1.807) is 11.7 Å². The highest BCUT2D eigenvalue weighted by Gasteiger charge is 2.14. The summed E-state index contributed by atoms with van der Waals surface area (Å²) in [7, 11) is 3.44. The molecule has 0 spiro atoms. The van der Waals surface area contributed by atoms with Gasteiger partial charge in [0.05, 0.1) is 17.3 Å². The first-order valence-corrected chi connectivity index (χ1v) is 6.03. The van der Waals surface area contributed by atoms with Crippen LogP contribution < -0.4 is 10.5 Å². The lowest BCUT2D eigenvalue weighted by atomic mass is 10.1. The zero-order chi connectivity index (χ0) is 12.6. The molecular weight excluding hydrogens is 305 g/mol. The topological polar surface area (TPSA) is 53.1 Å². The van der Waals surface area contributed by atoms with Crippen LogP contribution >= 0.6 is 27.5 Å². The fraction of sp³-hybridized carbons (Fsp3) is 0.182. The Morgan fingerprint density at radius 2 is 2.18 bits per heavy atom. The van der Waals surface area contributed by atoms with Gasteiger partial charge in [0.2, 0.25) is 5.95 Å². The van der Waals surface area contributed by atoms with Gasteiger partial charge in [-0.1, -0.05) is 11.6 Å². The summed E-state index contributed by atoms with van der Waals surface area (Å²) in [6.07, 6.45) is 0. The third-order valence-electron chi connectivity index (χ3n) is 2.51. The molecule has 0 amide bonds. The molecule has 0 fully saturated rings. The molecule has 1 aromatic heterocycles. The van der Waals surface area contributed by atoms with Crippen molar-refractivity contribution < 1.29 is 4.74 Å². The molecule has 6 heteroatoms. The van der Waals surface area contributed by atoms with Gasteiger partial charge in [0.25, 0.3) is 0 Å². The van der Waals surface area contributed by atoms with E-state index in [9.17, 15) is 0 Å². The molecule has 0 aliphatic rings. The highest BCUT2D eigenvalue weighted by atomic mass is 79.9. The van der Waals surface area contributed by atoms with Crippen LogP contribution in [-0.2, 0) is 7.05 Å². The van der Waals surface area contributed by atoms with E-state index >= 15 is 0 Å². The van der Waals surface area contributed by atoms with Gasteiger partial charge < -0.3 is 15.0 Å². The van der Waals surface area contributed by atoms with Crippen molar-refractivity contribution >= 4 is 33.5 Å². The summed E-state index contributed by atoms with van der Waals surface area (Å²) in [4.78, 5) is 4.02. The molecule has 0 aliphatic heterocycles. The molecule has 4 nitrogen and oxygen atoms in total. The minimum Gasteiger partial charge on any atom is -0.496 e. The number of benzene rings is 1. The number of ether oxygens (including phenoxy) is 1. The molecule has 0 saturated heterocycles. The zero-order valence-corrected chi connectivity index (χ0v) is 11.7. The first-order valence-electron chi connectivity index (χ1n) is 4.86. The predicted molar refractivity (Wildman–Crippen MR) is 72.3 cm³/mol. The SMILES string of the molecule is COc1ccc(-c2c(Cl)nc(N)n2C)cc1Br. The Morgan fingerprint density at radius 1 is 1.47 bits per heavy atom. The molecule has 0 aliphatic carbocycles. The van der Waals surface area contributed by atoms with E-state index in [2.05, 4.69) is 20.9 Å². The fourth-order valence-corrected chi connectivity index (χ4v) is 2.47. The number of methoxy groups -OCH3 is 1. The normalized spacial score (nSPS) is 10.6. The van der Waals surface area contributed by atoms with E-state index in [1.807, 2.05) is 25.2 Å². The van der Waals surface area contributed by atoms with Crippen LogP contribution in [-0.4, -0.2) is 16.7 Å². The predicted octanol–water partition coefficient (Wildman–Crippen LogP) is 3.09. The molecule has 17 heavy (non-hydrogen) atoms. The number of nitrogens with two attached hydrogens (primary N) is 1. The van der Waals surface area contributed by atoms with Crippen LogP contribution in [0.2, 0.25) is 5.15 Å². The minimum absolute atomic E-state index is 0.386. The van der Waals surface area contributed by atoms with Gasteiger partial charge in [-0.2, -0.15) is 0 Å². The second-order valence-corrected chi connectivity index (χ2v) is 4.73. The van der Waals surface area contributed by atoms with Gasteiger partial charge in [-0.3, -0.25) is 0 Å². The zero-order valence-electron chi connectivity index (χ0n) is 9.37. The van der Waals surface area contributed by atoms with Crippen molar-refractivity contribution in [3.63, 3.8) is 0 Å². The number of hydrogen-bond acceptors (Lipinski definition) is 3. The first kappa shape index (κ1) is 12.3. The summed E-state index contributed by atoms with van der Waals surface area (Å²) >= 11 is 9.48. The van der Waals surface area contributed by atoms with Crippen molar-refractivity contribution in [3.8, 4) is 17.0 Å². The average Bonchev–Trinajstić information content (AvgIpc) is 2.53. The summed E-state index contributed by atoms with van der Waals surface area (Å²) in [6.45, 7) is 0. The molecule has 0 bridgehead atoms. The quantitative estimate of drug-likeness (QED) is 0.926. The van der Waals surface area contributed by atoms with E-state index in [0.717, 1.165) is 21.5 Å². The molecular formula is C11H11BrClN3O. The number of nitrogen functional groups attached to an aromatic ring is 1. The monoisotopic (exact) mass is 315 g/mol. The van der Waals surface area contributed by atoms with Crippen molar-refractivity contribution in [3.05, 3.63) is 27.8 Å². The summed E-state index contributed by atoms with van der Waals surface area (Å²) in [5, 5.41) is 0.391. The van der Waals surface area contributed by atoms with E-state index < -0.39 is 0 Å². The van der Waals surface area contributed by atoms with E-state index in [4.69, 9.17) is 22.1 Å². The number of rotatable bonds is 2. The largest absolute Gasteiger partial charge is 0.496 e. The molecule has 0 unspecified atom stereocenters. The van der Waals surface area contributed by atoms with Crippen LogP contribution in [0.5, 0.6) is 5.75 Å². The number of imidazole rings is 1. The van der Waals surface area contributed by atoms with Gasteiger partial charge >= 0.3 is 0 Å². The molecule has 0 radical (unpaired) electrons. The number of anilines is 1. The van der Waals surface area contributed by atoms with Gasteiger partial charge in [-0.25, -0.2) is 4.98 Å². The third-order valence-corrected chi connectivity index (χ3v) is 3.40. The Balaban J connectivity index is 2.57. The molecule has 0 atom stereocenters. The summed E-state index contributed by atoms with van der Waals surface area (Å²) < 4.78 is 7.78. The fourth-order valence-electron chi connectivity index (χ4n) is 1.61. The maximum atomic E-state index is 6.05. The van der Waals surface area contributed by atoms with Crippen molar-refractivity contribution in [1.29, 1.82) is 0 Å². The van der Waals surface area contributed by atoms with Crippen LogP contribution in [0.3, 0.4) is 0 Å². The van der Waals surface area contributed by atoms with Crippen molar-refractivity contribution in [2.24, 2.45) is 7.05 Å². The number of halogens is 2. The van der Waals surface area contributed by atoms with Crippen molar-refractivity contribution in [2.45, 2.75) is 0 Å². The van der Waals surface area contributed by atoms with Gasteiger partial charge in [0.15, 0.2) is 5.15 Å². The molecule has 2 N–H and O–H groups in total. The Kier molecular flexibility index (Phi) is 3.31. The lowest BCUT2D eigenvalue weighted by Gasteiger charge is -2.07. The molecule has 1 heterocycles. The van der Waals surface area contributed by atoms with E-state index in [0.29, 0.717) is 11.1 Å². The summed E-state index contributed by atoms with van der Waals surface area (Å²) in [5.41, 5.74) is 7.41. The van der Waals surface area contributed by atoms with Crippen LogP contribution in [0, 0.1) is 0 Å². The van der Waals surface area contributed by atoms with Crippen LogP contribution in [0.15, 0.2) is 22.7 Å². The average molecular weight is 317 g/mol. The van der Waals surface area contributed by atoms with Crippen LogP contribution in [0.1, 0.15) is 0 Å². The first-order chi connectivity index (χ1) is 8.04. The third kappa shape index (κ3) is 2.12. The van der Waals surface area contributed by atoms with Crippen molar-refractivity contribution in [2.75, 3.05) is 12.8 Å². The standard InChI is InChI=1S/C11H11BrClN3O/c1-16-9(10(13)15-11(16)14)6-3-4-8(17-2)7(12)5-6/h3-5H,1-2H3,(H2,14,15). The Labute approximate surface area is 112 Å². The Morgan fingerprint density at radius 3 is 2.65 bits per heavy atom. The maximum Gasteiger partial charge on any atom is 0.201 e. The van der Waals surface area contributed by atoms with Crippen molar-refractivity contribution in [1.82, 2.24) is 9.55 Å². The Bertz CT molecular complexity index is 568. The van der Waals surface area contributed by atoms with Crippen LogP contribution in [0.25, 0.3) is 11.3 Å². The van der Waals surface area contributed by atoms with Crippen LogP contribution in [0.4, 0.5) is 5.95 Å². The van der Waals surface area contributed by atoms with Gasteiger partial charge in [0.1, 0.15) is 5.75 Å². The molecule has 1 aromatic carbocycles. The maximum absolute atomic E-state index is 6.05. The van der Waals surface area contributed by atoms with Gasteiger partial charge in [0, 0.05) is 12.6 Å². The summed E-state index contributed by atoms with van der Waals surface area (Å²) in [6, 6.07) is 5.69. The van der Waals surface area contributed by atoms with Gasteiger partial charge in [-0.15, -0.1) is 0 Å². The summed E-state index contributed by atoms with van der Waals surface area (Å²) in [5.74, 6) is 1.15. The lowest BCUT2D eigenvalue weighted by Crippen LogP contribution is -1.98. The molecule has 2 aromatic rings. The minimum atomic E-state index is 0.386. The van der Waals surface area contributed by atoms with E-state index in [-0.39, 0.29) is 0 Å². The lowest BCUT2D eigenvalue weighted by molar-refractivity contribution is 0.412. The smallest absolute Gasteiger partial charge is 0.201 e.